The van der Waals surface area contributed by atoms with E-state index >= 15 is 0 Å². The Morgan fingerprint density at radius 2 is 2.14 bits per heavy atom. The minimum absolute atomic E-state index is 0.190. The number of aliphatic hydroxyl groups is 1. The van der Waals surface area contributed by atoms with Crippen molar-refractivity contribution in [1.29, 1.82) is 0 Å². The first-order valence-electron chi connectivity index (χ1n) is 7.54. The van der Waals surface area contributed by atoms with E-state index in [-0.39, 0.29) is 6.04 Å². The third-order valence-corrected chi connectivity index (χ3v) is 4.36. The molecule has 0 aromatic heterocycles. The fourth-order valence-electron chi connectivity index (χ4n) is 2.95. The van der Waals surface area contributed by atoms with Crippen molar-refractivity contribution in [2.75, 3.05) is 33.5 Å². The van der Waals surface area contributed by atoms with E-state index in [9.17, 15) is 5.11 Å². The van der Waals surface area contributed by atoms with Gasteiger partial charge in [0.15, 0.2) is 0 Å². The van der Waals surface area contributed by atoms with Crippen LogP contribution < -0.4 is 14.8 Å². The summed E-state index contributed by atoms with van der Waals surface area (Å²) in [5.74, 6) is 1.73. The van der Waals surface area contributed by atoms with Crippen molar-refractivity contribution in [3.63, 3.8) is 0 Å². The molecule has 5 nitrogen and oxygen atoms in total. The molecule has 0 aliphatic carbocycles. The molecule has 21 heavy (non-hydrogen) atoms. The van der Waals surface area contributed by atoms with Gasteiger partial charge in [-0.25, -0.2) is 0 Å². The average Bonchev–Trinajstić information content (AvgIpc) is 2.53. The molecule has 1 fully saturated rings. The predicted octanol–water partition coefficient (Wildman–Crippen LogP) is 1.65. The maximum Gasteiger partial charge on any atom is 0.124 e. The lowest BCUT2D eigenvalue weighted by molar-refractivity contribution is -0.0632. The van der Waals surface area contributed by atoms with Crippen LogP contribution in [-0.4, -0.2) is 44.2 Å². The monoisotopic (exact) mass is 293 g/mol. The molecule has 0 radical (unpaired) electrons. The number of hydrogen-bond donors (Lipinski definition) is 2. The zero-order valence-corrected chi connectivity index (χ0v) is 12.4. The molecule has 2 aliphatic rings. The number of nitrogens with one attached hydrogen (secondary N) is 1. The second kappa shape index (κ2) is 6.22. The first-order valence-corrected chi connectivity index (χ1v) is 7.54. The molecule has 1 atom stereocenters. The van der Waals surface area contributed by atoms with Gasteiger partial charge in [0.25, 0.3) is 0 Å². The topological polar surface area (TPSA) is 60.0 Å². The molecular formula is C16H23NO4. The van der Waals surface area contributed by atoms with Gasteiger partial charge >= 0.3 is 0 Å². The molecular weight excluding hydrogens is 270 g/mol. The maximum absolute atomic E-state index is 10.6. The fraction of sp³-hybridized carbons (Fsp3) is 0.625. The van der Waals surface area contributed by atoms with Crippen LogP contribution in [0.3, 0.4) is 0 Å². The lowest BCUT2D eigenvalue weighted by Crippen LogP contribution is -2.46. The first kappa shape index (κ1) is 14.6. The smallest absolute Gasteiger partial charge is 0.124 e. The Balaban J connectivity index is 1.69. The van der Waals surface area contributed by atoms with E-state index in [1.807, 2.05) is 18.2 Å². The highest BCUT2D eigenvalue weighted by Crippen LogP contribution is 2.35. The van der Waals surface area contributed by atoms with E-state index in [2.05, 4.69) is 5.32 Å². The maximum atomic E-state index is 10.6. The molecule has 116 valence electrons. The summed E-state index contributed by atoms with van der Waals surface area (Å²) in [4.78, 5) is 0. The highest BCUT2D eigenvalue weighted by Gasteiger charge is 2.31. The SMILES string of the molecule is COc1ccc2c(c1)C(NCC1(O)CCOCC1)CCO2. The van der Waals surface area contributed by atoms with Crippen molar-refractivity contribution in [1.82, 2.24) is 5.32 Å². The van der Waals surface area contributed by atoms with Crippen LogP contribution in [0.4, 0.5) is 0 Å². The van der Waals surface area contributed by atoms with Crippen molar-refractivity contribution in [3.05, 3.63) is 23.8 Å². The summed E-state index contributed by atoms with van der Waals surface area (Å²) >= 11 is 0. The largest absolute Gasteiger partial charge is 0.497 e. The molecule has 1 saturated heterocycles. The van der Waals surface area contributed by atoms with E-state index in [4.69, 9.17) is 14.2 Å². The number of fused-ring (bicyclic) bond motifs is 1. The van der Waals surface area contributed by atoms with Crippen LogP contribution in [-0.2, 0) is 4.74 Å². The van der Waals surface area contributed by atoms with Crippen LogP contribution in [0.2, 0.25) is 0 Å². The molecule has 1 aromatic carbocycles. The minimum Gasteiger partial charge on any atom is -0.497 e. The van der Waals surface area contributed by atoms with Crippen molar-refractivity contribution in [2.24, 2.45) is 0 Å². The van der Waals surface area contributed by atoms with Gasteiger partial charge in [0.05, 0.1) is 19.3 Å². The summed E-state index contributed by atoms with van der Waals surface area (Å²) < 4.78 is 16.3. The molecule has 0 amide bonds. The van der Waals surface area contributed by atoms with Gasteiger partial charge in [0.2, 0.25) is 0 Å². The Morgan fingerprint density at radius 3 is 2.90 bits per heavy atom. The van der Waals surface area contributed by atoms with E-state index < -0.39 is 5.60 Å². The Hall–Kier alpha value is -1.30. The number of methoxy groups -OCH3 is 1. The van der Waals surface area contributed by atoms with Crippen molar-refractivity contribution >= 4 is 0 Å². The standard InChI is InChI=1S/C16H23NO4/c1-19-12-2-3-15-13(10-12)14(4-7-21-15)17-11-16(18)5-8-20-9-6-16/h2-3,10,14,17-18H,4-9,11H2,1H3. The molecule has 5 heteroatoms. The zero-order valence-electron chi connectivity index (χ0n) is 12.4. The highest BCUT2D eigenvalue weighted by molar-refractivity contribution is 5.43. The van der Waals surface area contributed by atoms with Crippen molar-refractivity contribution in [2.45, 2.75) is 30.9 Å². The Bertz CT molecular complexity index is 485. The Morgan fingerprint density at radius 1 is 1.33 bits per heavy atom. The number of rotatable bonds is 4. The number of ether oxygens (including phenoxy) is 3. The van der Waals surface area contributed by atoms with Gasteiger partial charge in [-0.15, -0.1) is 0 Å². The molecule has 3 rings (SSSR count). The summed E-state index contributed by atoms with van der Waals surface area (Å²) in [7, 11) is 1.67. The molecule has 2 heterocycles. The van der Waals surface area contributed by atoms with Crippen LogP contribution in [0.5, 0.6) is 11.5 Å². The molecule has 0 bridgehead atoms. The van der Waals surface area contributed by atoms with E-state index in [0.29, 0.717) is 39.2 Å². The zero-order chi connectivity index (χ0) is 14.7. The summed E-state index contributed by atoms with van der Waals surface area (Å²) in [6.07, 6.45) is 2.27. The van der Waals surface area contributed by atoms with Crippen LogP contribution in [0.25, 0.3) is 0 Å². The molecule has 0 spiro atoms. The molecule has 2 N–H and O–H groups in total. The highest BCUT2D eigenvalue weighted by atomic mass is 16.5. The van der Waals surface area contributed by atoms with Gasteiger partial charge in [-0.05, 0) is 18.2 Å². The summed E-state index contributed by atoms with van der Waals surface area (Å²) in [5, 5.41) is 14.1. The lowest BCUT2D eigenvalue weighted by Gasteiger charge is -2.35. The number of benzene rings is 1. The quantitative estimate of drug-likeness (QED) is 0.884. The van der Waals surface area contributed by atoms with Crippen LogP contribution >= 0.6 is 0 Å². The summed E-state index contributed by atoms with van der Waals surface area (Å²) in [6, 6.07) is 6.06. The molecule has 0 saturated carbocycles. The van der Waals surface area contributed by atoms with E-state index in [1.165, 1.54) is 0 Å². The van der Waals surface area contributed by atoms with Gasteiger partial charge < -0.3 is 24.6 Å². The molecule has 2 aliphatic heterocycles. The Kier molecular flexibility index (Phi) is 4.33. The summed E-state index contributed by atoms with van der Waals surface area (Å²) in [6.45, 7) is 2.54. The van der Waals surface area contributed by atoms with Gasteiger partial charge in [-0.2, -0.15) is 0 Å². The van der Waals surface area contributed by atoms with E-state index in [0.717, 1.165) is 23.5 Å². The van der Waals surface area contributed by atoms with Gasteiger partial charge in [0.1, 0.15) is 11.5 Å². The first-order chi connectivity index (χ1) is 10.2. The summed E-state index contributed by atoms with van der Waals surface area (Å²) in [5.41, 5.74) is 0.450. The second-order valence-electron chi connectivity index (χ2n) is 5.81. The van der Waals surface area contributed by atoms with Gasteiger partial charge in [0, 0.05) is 50.6 Å². The molecule has 1 aromatic rings. The normalized spacial score (nSPS) is 24.0. The van der Waals surface area contributed by atoms with Crippen LogP contribution in [0, 0.1) is 0 Å². The Labute approximate surface area is 125 Å². The van der Waals surface area contributed by atoms with Gasteiger partial charge in [-0.1, -0.05) is 0 Å². The predicted molar refractivity (Wildman–Crippen MR) is 78.9 cm³/mol. The average molecular weight is 293 g/mol. The molecule has 1 unspecified atom stereocenters. The van der Waals surface area contributed by atoms with Crippen molar-refractivity contribution in [3.8, 4) is 11.5 Å². The third-order valence-electron chi connectivity index (χ3n) is 4.36. The van der Waals surface area contributed by atoms with Crippen LogP contribution in [0.1, 0.15) is 30.9 Å². The fourth-order valence-corrected chi connectivity index (χ4v) is 2.95. The van der Waals surface area contributed by atoms with Gasteiger partial charge in [-0.3, -0.25) is 0 Å². The number of hydrogen-bond acceptors (Lipinski definition) is 5. The second-order valence-corrected chi connectivity index (χ2v) is 5.81. The van der Waals surface area contributed by atoms with E-state index in [1.54, 1.807) is 7.11 Å². The third kappa shape index (κ3) is 3.31. The van der Waals surface area contributed by atoms with Crippen molar-refractivity contribution < 1.29 is 19.3 Å². The lowest BCUT2D eigenvalue weighted by atomic mass is 9.93. The van der Waals surface area contributed by atoms with Crippen LogP contribution in [0.15, 0.2) is 18.2 Å². The minimum atomic E-state index is -0.657.